The second-order valence-corrected chi connectivity index (χ2v) is 5.25. The molecule has 3 unspecified atom stereocenters. The first kappa shape index (κ1) is 11.1. The van der Waals surface area contributed by atoms with Crippen molar-refractivity contribution < 1.29 is 0 Å². The average Bonchev–Trinajstić information content (AvgIpc) is 2.26. The SMILES string of the molecule is CCC1C(C)CCCCC1(C)CC. The van der Waals surface area contributed by atoms with Crippen LogP contribution < -0.4 is 0 Å². The summed E-state index contributed by atoms with van der Waals surface area (Å²) in [6.07, 6.45) is 8.61. The van der Waals surface area contributed by atoms with Gasteiger partial charge in [0.15, 0.2) is 0 Å². The summed E-state index contributed by atoms with van der Waals surface area (Å²) in [7, 11) is 0. The molecule has 0 amide bonds. The topological polar surface area (TPSA) is 0 Å². The van der Waals surface area contributed by atoms with Gasteiger partial charge in [-0.2, -0.15) is 0 Å². The van der Waals surface area contributed by atoms with E-state index >= 15 is 0 Å². The van der Waals surface area contributed by atoms with Gasteiger partial charge in [-0.3, -0.25) is 0 Å². The Morgan fingerprint density at radius 3 is 2.46 bits per heavy atom. The van der Waals surface area contributed by atoms with Crippen LogP contribution in [0.5, 0.6) is 0 Å². The van der Waals surface area contributed by atoms with Crippen molar-refractivity contribution in [3.8, 4) is 0 Å². The summed E-state index contributed by atoms with van der Waals surface area (Å²) < 4.78 is 0. The molecule has 0 aromatic heterocycles. The van der Waals surface area contributed by atoms with Crippen molar-refractivity contribution in [3.05, 3.63) is 0 Å². The highest BCUT2D eigenvalue weighted by molar-refractivity contribution is 4.86. The van der Waals surface area contributed by atoms with Gasteiger partial charge in [0.25, 0.3) is 0 Å². The first-order valence-electron chi connectivity index (χ1n) is 6.14. The Kier molecular flexibility index (Phi) is 3.82. The van der Waals surface area contributed by atoms with Crippen molar-refractivity contribution in [2.24, 2.45) is 17.3 Å². The number of rotatable bonds is 2. The second-order valence-electron chi connectivity index (χ2n) is 5.25. The molecule has 13 heavy (non-hydrogen) atoms. The van der Waals surface area contributed by atoms with Gasteiger partial charge in [-0.1, -0.05) is 59.8 Å². The maximum Gasteiger partial charge on any atom is -0.0298 e. The molecule has 0 spiro atoms. The zero-order valence-corrected chi connectivity index (χ0v) is 9.90. The number of hydrogen-bond donors (Lipinski definition) is 0. The van der Waals surface area contributed by atoms with Crippen LogP contribution in [0.3, 0.4) is 0 Å². The lowest BCUT2D eigenvalue weighted by Gasteiger charge is -2.38. The summed E-state index contributed by atoms with van der Waals surface area (Å²) in [5, 5.41) is 0. The van der Waals surface area contributed by atoms with Crippen molar-refractivity contribution in [1.29, 1.82) is 0 Å². The van der Waals surface area contributed by atoms with Crippen LogP contribution in [-0.4, -0.2) is 0 Å². The van der Waals surface area contributed by atoms with Crippen LogP contribution in [0.1, 0.15) is 66.2 Å². The third-order valence-corrected chi connectivity index (χ3v) is 4.49. The van der Waals surface area contributed by atoms with Crippen molar-refractivity contribution in [2.45, 2.75) is 66.2 Å². The minimum atomic E-state index is 0.644. The predicted molar refractivity (Wildman–Crippen MR) is 59.8 cm³/mol. The summed E-state index contributed by atoms with van der Waals surface area (Å²) in [5.74, 6) is 1.93. The van der Waals surface area contributed by atoms with E-state index in [9.17, 15) is 0 Å². The lowest BCUT2D eigenvalue weighted by atomic mass is 9.67. The molecule has 1 saturated carbocycles. The Labute approximate surface area is 84.1 Å². The van der Waals surface area contributed by atoms with Gasteiger partial charge in [0.05, 0.1) is 0 Å². The Morgan fingerprint density at radius 2 is 1.92 bits per heavy atom. The molecule has 1 fully saturated rings. The lowest BCUT2D eigenvalue weighted by molar-refractivity contribution is 0.117. The van der Waals surface area contributed by atoms with E-state index in [1.807, 2.05) is 0 Å². The van der Waals surface area contributed by atoms with Gasteiger partial charge in [-0.05, 0) is 23.7 Å². The van der Waals surface area contributed by atoms with Crippen LogP contribution in [0.15, 0.2) is 0 Å². The Balaban J connectivity index is 2.76. The fraction of sp³-hybridized carbons (Fsp3) is 1.00. The fourth-order valence-electron chi connectivity index (χ4n) is 3.40. The predicted octanol–water partition coefficient (Wildman–Crippen LogP) is 4.64. The summed E-state index contributed by atoms with van der Waals surface area (Å²) in [6, 6.07) is 0. The molecule has 0 heterocycles. The van der Waals surface area contributed by atoms with Crippen LogP contribution in [0.25, 0.3) is 0 Å². The molecule has 0 nitrogen and oxygen atoms in total. The summed E-state index contributed by atoms with van der Waals surface area (Å²) in [6.45, 7) is 9.73. The highest BCUT2D eigenvalue weighted by Gasteiger charge is 2.35. The first-order valence-corrected chi connectivity index (χ1v) is 6.14. The maximum atomic E-state index is 2.52. The van der Waals surface area contributed by atoms with Crippen LogP contribution in [0.2, 0.25) is 0 Å². The van der Waals surface area contributed by atoms with Gasteiger partial charge >= 0.3 is 0 Å². The van der Waals surface area contributed by atoms with E-state index in [1.165, 1.54) is 38.5 Å². The maximum absolute atomic E-state index is 2.52. The standard InChI is InChI=1S/C13H26/c1-5-12-11(3)9-7-8-10-13(12,4)6-2/h11-12H,5-10H2,1-4H3. The molecule has 0 aromatic rings. The Morgan fingerprint density at radius 1 is 1.23 bits per heavy atom. The molecule has 3 atom stereocenters. The van der Waals surface area contributed by atoms with E-state index in [2.05, 4.69) is 27.7 Å². The molecule has 78 valence electrons. The number of hydrogen-bond acceptors (Lipinski definition) is 0. The van der Waals surface area contributed by atoms with Crippen LogP contribution in [-0.2, 0) is 0 Å². The molecule has 0 bridgehead atoms. The molecular formula is C13H26. The van der Waals surface area contributed by atoms with Crippen LogP contribution in [0.4, 0.5) is 0 Å². The van der Waals surface area contributed by atoms with Crippen molar-refractivity contribution in [3.63, 3.8) is 0 Å². The lowest BCUT2D eigenvalue weighted by Crippen LogP contribution is -2.29. The van der Waals surface area contributed by atoms with Gasteiger partial charge in [-0.15, -0.1) is 0 Å². The first-order chi connectivity index (χ1) is 6.14. The largest absolute Gasteiger partial charge is 0.0651 e. The van der Waals surface area contributed by atoms with Crippen molar-refractivity contribution in [2.75, 3.05) is 0 Å². The van der Waals surface area contributed by atoms with Gasteiger partial charge in [0, 0.05) is 0 Å². The second kappa shape index (κ2) is 4.48. The Bertz CT molecular complexity index is 150. The summed E-state index contributed by atoms with van der Waals surface area (Å²) >= 11 is 0. The molecule has 0 N–H and O–H groups in total. The molecule has 1 aliphatic rings. The third kappa shape index (κ3) is 2.27. The summed E-state index contributed by atoms with van der Waals surface area (Å²) in [5.41, 5.74) is 0.644. The van der Waals surface area contributed by atoms with Crippen molar-refractivity contribution >= 4 is 0 Å². The molecule has 1 aliphatic carbocycles. The summed E-state index contributed by atoms with van der Waals surface area (Å²) in [4.78, 5) is 0. The van der Waals surface area contributed by atoms with Gasteiger partial charge in [-0.25, -0.2) is 0 Å². The van der Waals surface area contributed by atoms with E-state index < -0.39 is 0 Å². The zero-order valence-electron chi connectivity index (χ0n) is 9.90. The van der Waals surface area contributed by atoms with E-state index in [1.54, 1.807) is 0 Å². The minimum Gasteiger partial charge on any atom is -0.0651 e. The average molecular weight is 182 g/mol. The molecule has 0 aromatic carbocycles. The van der Waals surface area contributed by atoms with Crippen molar-refractivity contribution in [1.82, 2.24) is 0 Å². The quantitative estimate of drug-likeness (QED) is 0.546. The highest BCUT2D eigenvalue weighted by atomic mass is 14.4. The van der Waals surface area contributed by atoms with Gasteiger partial charge in [0.1, 0.15) is 0 Å². The fourth-order valence-corrected chi connectivity index (χ4v) is 3.40. The van der Waals surface area contributed by atoms with Gasteiger partial charge in [0.2, 0.25) is 0 Å². The molecular weight excluding hydrogens is 156 g/mol. The van der Waals surface area contributed by atoms with E-state index in [0.29, 0.717) is 5.41 Å². The Hall–Kier alpha value is 0. The minimum absolute atomic E-state index is 0.644. The molecule has 0 saturated heterocycles. The molecule has 0 aliphatic heterocycles. The molecule has 0 radical (unpaired) electrons. The third-order valence-electron chi connectivity index (χ3n) is 4.49. The molecule has 0 heteroatoms. The van der Waals surface area contributed by atoms with E-state index in [-0.39, 0.29) is 0 Å². The molecule has 1 rings (SSSR count). The highest BCUT2D eigenvalue weighted by Crippen LogP contribution is 2.46. The van der Waals surface area contributed by atoms with E-state index in [4.69, 9.17) is 0 Å². The van der Waals surface area contributed by atoms with Crippen LogP contribution >= 0.6 is 0 Å². The van der Waals surface area contributed by atoms with Gasteiger partial charge < -0.3 is 0 Å². The van der Waals surface area contributed by atoms with Crippen LogP contribution in [0, 0.1) is 17.3 Å². The smallest absolute Gasteiger partial charge is 0.0298 e. The zero-order chi connectivity index (χ0) is 9.90. The monoisotopic (exact) mass is 182 g/mol. The normalized spacial score (nSPS) is 41.5. The van der Waals surface area contributed by atoms with E-state index in [0.717, 1.165) is 11.8 Å².